The number of para-hydroxylation sites is 1. The van der Waals surface area contributed by atoms with Crippen LogP contribution in [0.15, 0.2) is 48.5 Å². The van der Waals surface area contributed by atoms with Gasteiger partial charge in [0.1, 0.15) is 0 Å². The van der Waals surface area contributed by atoms with Crippen LogP contribution in [0.4, 0.5) is 11.4 Å². The first-order valence-electron chi connectivity index (χ1n) is 9.03. The van der Waals surface area contributed by atoms with Crippen molar-refractivity contribution < 1.29 is 9.59 Å². The highest BCUT2D eigenvalue weighted by molar-refractivity contribution is 6.33. The van der Waals surface area contributed by atoms with E-state index in [0.717, 1.165) is 24.9 Å². The summed E-state index contributed by atoms with van der Waals surface area (Å²) in [6, 6.07) is 15.1. The van der Waals surface area contributed by atoms with Crippen molar-refractivity contribution in [2.45, 2.75) is 32.6 Å². The van der Waals surface area contributed by atoms with Gasteiger partial charge in [-0.15, -0.1) is 0 Å². The SMILES string of the molecule is CCCCc1ccc(NC(=O)C2CC(=O)N(c3ccccc3Cl)C2)cc1. The molecule has 0 saturated carbocycles. The Labute approximate surface area is 159 Å². The minimum absolute atomic E-state index is 0.0758. The number of anilines is 2. The van der Waals surface area contributed by atoms with Crippen molar-refractivity contribution in [3.05, 3.63) is 59.1 Å². The molecular weight excluding hydrogens is 348 g/mol. The lowest BCUT2D eigenvalue weighted by Gasteiger charge is -2.18. The van der Waals surface area contributed by atoms with Crippen LogP contribution in [0.1, 0.15) is 31.7 Å². The number of nitrogens with one attached hydrogen (secondary N) is 1. The molecule has 1 heterocycles. The molecule has 1 aliphatic rings. The van der Waals surface area contributed by atoms with Crippen LogP contribution < -0.4 is 10.2 Å². The zero-order valence-electron chi connectivity index (χ0n) is 14.9. The van der Waals surface area contributed by atoms with Crippen LogP contribution in [0, 0.1) is 5.92 Å². The summed E-state index contributed by atoms with van der Waals surface area (Å²) in [5.41, 5.74) is 2.69. The van der Waals surface area contributed by atoms with E-state index < -0.39 is 0 Å². The van der Waals surface area contributed by atoms with E-state index >= 15 is 0 Å². The quantitative estimate of drug-likeness (QED) is 0.802. The van der Waals surface area contributed by atoms with Crippen LogP contribution >= 0.6 is 11.6 Å². The lowest BCUT2D eigenvalue weighted by atomic mass is 10.1. The first-order chi connectivity index (χ1) is 12.6. The highest BCUT2D eigenvalue weighted by atomic mass is 35.5. The number of hydrogen-bond donors (Lipinski definition) is 1. The topological polar surface area (TPSA) is 49.4 Å². The Morgan fingerprint density at radius 2 is 1.92 bits per heavy atom. The number of unbranched alkanes of at least 4 members (excludes halogenated alkanes) is 1. The second-order valence-corrected chi connectivity index (χ2v) is 7.05. The summed E-state index contributed by atoms with van der Waals surface area (Å²) in [5, 5.41) is 3.44. The van der Waals surface area contributed by atoms with Crippen LogP contribution in [0.5, 0.6) is 0 Å². The third-order valence-corrected chi connectivity index (χ3v) is 5.00. The molecular formula is C21H23ClN2O2. The van der Waals surface area contributed by atoms with Gasteiger partial charge in [-0.2, -0.15) is 0 Å². The van der Waals surface area contributed by atoms with E-state index in [0.29, 0.717) is 17.3 Å². The Hall–Kier alpha value is -2.33. The second-order valence-electron chi connectivity index (χ2n) is 6.65. The molecule has 26 heavy (non-hydrogen) atoms. The summed E-state index contributed by atoms with van der Waals surface area (Å²) in [6.45, 7) is 2.52. The van der Waals surface area contributed by atoms with Crippen LogP contribution in [0.2, 0.25) is 5.02 Å². The fourth-order valence-corrected chi connectivity index (χ4v) is 3.40. The number of carbonyl (C=O) groups is 2. The molecule has 2 aromatic rings. The summed E-state index contributed by atoms with van der Waals surface area (Å²) in [4.78, 5) is 26.5. The van der Waals surface area contributed by atoms with Gasteiger partial charge in [-0.25, -0.2) is 0 Å². The predicted octanol–water partition coefficient (Wildman–Crippen LogP) is 4.67. The molecule has 1 aliphatic heterocycles. The zero-order chi connectivity index (χ0) is 18.5. The zero-order valence-corrected chi connectivity index (χ0v) is 15.6. The van der Waals surface area contributed by atoms with Crippen molar-refractivity contribution in [3.8, 4) is 0 Å². The number of carbonyl (C=O) groups excluding carboxylic acids is 2. The highest BCUT2D eigenvalue weighted by Crippen LogP contribution is 2.31. The van der Waals surface area contributed by atoms with Crippen LogP contribution in [-0.4, -0.2) is 18.4 Å². The number of rotatable bonds is 6. The highest BCUT2D eigenvalue weighted by Gasteiger charge is 2.35. The van der Waals surface area contributed by atoms with Gasteiger partial charge >= 0.3 is 0 Å². The predicted molar refractivity (Wildman–Crippen MR) is 106 cm³/mol. The minimum Gasteiger partial charge on any atom is -0.326 e. The van der Waals surface area contributed by atoms with Crippen molar-refractivity contribution in [3.63, 3.8) is 0 Å². The summed E-state index contributed by atoms with van der Waals surface area (Å²) in [7, 11) is 0. The van der Waals surface area contributed by atoms with Gasteiger partial charge in [-0.05, 0) is 42.7 Å². The normalized spacial score (nSPS) is 16.8. The van der Waals surface area contributed by atoms with Gasteiger partial charge in [-0.3, -0.25) is 9.59 Å². The number of nitrogens with zero attached hydrogens (tertiary/aromatic N) is 1. The van der Waals surface area contributed by atoms with E-state index in [4.69, 9.17) is 11.6 Å². The van der Waals surface area contributed by atoms with Gasteiger partial charge in [0.05, 0.1) is 16.6 Å². The number of amides is 2. The monoisotopic (exact) mass is 370 g/mol. The molecule has 1 atom stereocenters. The van der Waals surface area contributed by atoms with Crippen LogP contribution in [-0.2, 0) is 16.0 Å². The van der Waals surface area contributed by atoms with Crippen LogP contribution in [0.25, 0.3) is 0 Å². The number of aryl methyl sites for hydroxylation is 1. The maximum absolute atomic E-state index is 12.6. The molecule has 2 aromatic carbocycles. The van der Waals surface area contributed by atoms with Crippen molar-refractivity contribution in [1.29, 1.82) is 0 Å². The molecule has 0 spiro atoms. The molecule has 1 fully saturated rings. The van der Waals surface area contributed by atoms with Gasteiger partial charge in [0.25, 0.3) is 0 Å². The van der Waals surface area contributed by atoms with E-state index in [2.05, 4.69) is 12.2 Å². The Kier molecular flexibility index (Phi) is 5.94. The molecule has 1 N–H and O–H groups in total. The van der Waals surface area contributed by atoms with E-state index in [1.165, 1.54) is 5.56 Å². The van der Waals surface area contributed by atoms with Gasteiger partial charge < -0.3 is 10.2 Å². The Balaban J connectivity index is 1.62. The lowest BCUT2D eigenvalue weighted by Crippen LogP contribution is -2.28. The molecule has 5 heteroatoms. The fraction of sp³-hybridized carbons (Fsp3) is 0.333. The second kappa shape index (κ2) is 8.37. The third-order valence-electron chi connectivity index (χ3n) is 4.68. The van der Waals surface area contributed by atoms with Crippen LogP contribution in [0.3, 0.4) is 0 Å². The fourth-order valence-electron chi connectivity index (χ4n) is 3.17. The molecule has 0 aliphatic carbocycles. The number of benzene rings is 2. The molecule has 0 radical (unpaired) electrons. The summed E-state index contributed by atoms with van der Waals surface area (Å²) < 4.78 is 0. The van der Waals surface area contributed by atoms with Gasteiger partial charge in [0, 0.05) is 18.7 Å². The minimum atomic E-state index is -0.376. The maximum atomic E-state index is 12.6. The maximum Gasteiger partial charge on any atom is 0.229 e. The van der Waals surface area contributed by atoms with Crippen molar-refractivity contribution in [1.82, 2.24) is 0 Å². The summed E-state index contributed by atoms with van der Waals surface area (Å²) >= 11 is 6.18. The lowest BCUT2D eigenvalue weighted by molar-refractivity contribution is -0.122. The van der Waals surface area contributed by atoms with E-state index in [1.54, 1.807) is 17.0 Å². The summed E-state index contributed by atoms with van der Waals surface area (Å²) in [5.74, 6) is -0.582. The van der Waals surface area contributed by atoms with Gasteiger partial charge in [-0.1, -0.05) is 49.2 Å². The smallest absolute Gasteiger partial charge is 0.229 e. The number of hydrogen-bond acceptors (Lipinski definition) is 2. The van der Waals surface area contributed by atoms with Gasteiger partial charge in [0.15, 0.2) is 0 Å². The first kappa shape index (κ1) is 18.5. The molecule has 0 aromatic heterocycles. The first-order valence-corrected chi connectivity index (χ1v) is 9.41. The molecule has 4 nitrogen and oxygen atoms in total. The molecule has 2 amide bonds. The molecule has 1 unspecified atom stereocenters. The Morgan fingerprint density at radius 3 is 2.62 bits per heavy atom. The van der Waals surface area contributed by atoms with E-state index in [9.17, 15) is 9.59 Å². The average Bonchev–Trinajstić information content (AvgIpc) is 3.03. The van der Waals surface area contributed by atoms with Crippen molar-refractivity contribution in [2.75, 3.05) is 16.8 Å². The summed E-state index contributed by atoms with van der Waals surface area (Å²) in [6.07, 6.45) is 3.57. The van der Waals surface area contributed by atoms with Crippen molar-refractivity contribution >= 4 is 34.8 Å². The molecule has 0 bridgehead atoms. The molecule has 136 valence electrons. The third kappa shape index (κ3) is 4.25. The number of halogens is 1. The van der Waals surface area contributed by atoms with Gasteiger partial charge in [0.2, 0.25) is 11.8 Å². The largest absolute Gasteiger partial charge is 0.326 e. The Morgan fingerprint density at radius 1 is 1.19 bits per heavy atom. The van der Waals surface area contributed by atoms with Crippen molar-refractivity contribution in [2.24, 2.45) is 5.92 Å². The van der Waals surface area contributed by atoms with E-state index in [1.807, 2.05) is 36.4 Å². The average molecular weight is 371 g/mol. The molecule has 3 rings (SSSR count). The molecule has 1 saturated heterocycles. The standard InChI is InChI=1S/C21H23ClN2O2/c1-2-3-6-15-9-11-17(12-10-15)23-21(26)16-13-20(25)24(14-16)19-8-5-4-7-18(19)22/h4-5,7-12,16H,2-3,6,13-14H2,1H3,(H,23,26). The van der Waals surface area contributed by atoms with E-state index in [-0.39, 0.29) is 24.2 Å². The Bertz CT molecular complexity index is 789.